The molecule has 3 N–H and O–H groups in total. The molecule has 0 unspecified atom stereocenters. The zero-order valence-electron chi connectivity index (χ0n) is 9.45. The van der Waals surface area contributed by atoms with Gasteiger partial charge in [0.1, 0.15) is 5.82 Å². The van der Waals surface area contributed by atoms with E-state index in [0.29, 0.717) is 5.56 Å². The molecule has 0 bridgehead atoms. The monoisotopic (exact) mass is 252 g/mol. The highest BCUT2D eigenvalue weighted by Crippen LogP contribution is 2.26. The molecule has 2 aromatic rings. The third-order valence-electron chi connectivity index (χ3n) is 2.15. The Hall–Kier alpha value is -2.28. The summed E-state index contributed by atoms with van der Waals surface area (Å²) in [5, 5.41) is 0. The van der Waals surface area contributed by atoms with Crippen molar-refractivity contribution in [3.63, 3.8) is 0 Å². The molecule has 7 heteroatoms. The standard InChI is InChI=1S/C11H10F2N4O/c1-6-5-15-11(17-14)16-10(6)18-9-4-7(12)2-3-8(9)13/h2-5H,14H2,1H3,(H,15,16,17). The van der Waals surface area contributed by atoms with Gasteiger partial charge < -0.3 is 4.74 Å². The second-order valence-electron chi connectivity index (χ2n) is 3.50. The molecule has 18 heavy (non-hydrogen) atoms. The van der Waals surface area contributed by atoms with Crippen LogP contribution in [0.5, 0.6) is 11.6 Å². The number of benzene rings is 1. The number of aryl methyl sites for hydroxylation is 1. The summed E-state index contributed by atoms with van der Waals surface area (Å²) in [6, 6.07) is 2.91. The first kappa shape index (κ1) is 12.2. The smallest absolute Gasteiger partial charge is 0.240 e. The number of nitrogens with two attached hydrogens (primary N) is 1. The van der Waals surface area contributed by atoms with Gasteiger partial charge in [-0.2, -0.15) is 4.98 Å². The summed E-state index contributed by atoms with van der Waals surface area (Å²) < 4.78 is 31.6. The van der Waals surface area contributed by atoms with Crippen molar-refractivity contribution >= 4 is 5.95 Å². The Morgan fingerprint density at radius 3 is 2.83 bits per heavy atom. The van der Waals surface area contributed by atoms with Gasteiger partial charge in [-0.05, 0) is 19.1 Å². The third-order valence-corrected chi connectivity index (χ3v) is 2.15. The van der Waals surface area contributed by atoms with Crippen molar-refractivity contribution in [1.29, 1.82) is 0 Å². The lowest BCUT2D eigenvalue weighted by molar-refractivity contribution is 0.419. The average molecular weight is 252 g/mol. The molecule has 0 amide bonds. The fourth-order valence-corrected chi connectivity index (χ4v) is 1.26. The fourth-order valence-electron chi connectivity index (χ4n) is 1.26. The first-order chi connectivity index (χ1) is 8.60. The number of hydrogen-bond donors (Lipinski definition) is 2. The number of aromatic nitrogens is 2. The van der Waals surface area contributed by atoms with Crippen molar-refractivity contribution in [1.82, 2.24) is 9.97 Å². The van der Waals surface area contributed by atoms with E-state index in [1.165, 1.54) is 6.20 Å². The van der Waals surface area contributed by atoms with E-state index in [0.717, 1.165) is 18.2 Å². The zero-order chi connectivity index (χ0) is 13.1. The summed E-state index contributed by atoms with van der Waals surface area (Å²) in [7, 11) is 0. The first-order valence-corrected chi connectivity index (χ1v) is 5.03. The van der Waals surface area contributed by atoms with E-state index >= 15 is 0 Å². The Bertz CT molecular complexity index is 577. The summed E-state index contributed by atoms with van der Waals surface area (Å²) in [6.45, 7) is 1.67. The molecule has 0 aliphatic rings. The molecule has 1 aromatic heterocycles. The molecule has 1 aromatic carbocycles. The summed E-state index contributed by atoms with van der Waals surface area (Å²) in [6.07, 6.45) is 1.45. The van der Waals surface area contributed by atoms with Crippen LogP contribution in [0.25, 0.3) is 0 Å². The van der Waals surface area contributed by atoms with Gasteiger partial charge in [0.2, 0.25) is 11.8 Å². The molecule has 0 atom stereocenters. The minimum atomic E-state index is -0.684. The summed E-state index contributed by atoms with van der Waals surface area (Å²) in [4.78, 5) is 7.74. The number of hydrazine groups is 1. The van der Waals surface area contributed by atoms with Crippen LogP contribution in [0.3, 0.4) is 0 Å². The van der Waals surface area contributed by atoms with Gasteiger partial charge in [0.25, 0.3) is 0 Å². The Morgan fingerprint density at radius 1 is 1.33 bits per heavy atom. The van der Waals surface area contributed by atoms with Crippen LogP contribution in [0.15, 0.2) is 24.4 Å². The molecule has 0 aliphatic carbocycles. The molecule has 1 heterocycles. The van der Waals surface area contributed by atoms with Gasteiger partial charge >= 0.3 is 0 Å². The normalized spacial score (nSPS) is 10.2. The van der Waals surface area contributed by atoms with E-state index in [9.17, 15) is 8.78 Å². The molecular weight excluding hydrogens is 242 g/mol. The lowest BCUT2D eigenvalue weighted by atomic mass is 10.3. The highest BCUT2D eigenvalue weighted by atomic mass is 19.1. The molecule has 0 spiro atoms. The molecule has 0 aliphatic heterocycles. The summed E-state index contributed by atoms with van der Waals surface area (Å²) >= 11 is 0. The van der Waals surface area contributed by atoms with Crippen LogP contribution in [0.2, 0.25) is 0 Å². The van der Waals surface area contributed by atoms with Crippen LogP contribution in [0, 0.1) is 18.6 Å². The topological polar surface area (TPSA) is 73.1 Å². The van der Waals surface area contributed by atoms with Gasteiger partial charge in [-0.1, -0.05) is 0 Å². The molecular formula is C11H10F2N4O. The predicted molar refractivity (Wildman–Crippen MR) is 61.0 cm³/mol. The van der Waals surface area contributed by atoms with Gasteiger partial charge in [0.15, 0.2) is 11.6 Å². The minimum Gasteiger partial charge on any atom is -0.435 e. The van der Waals surface area contributed by atoms with Crippen LogP contribution < -0.4 is 16.0 Å². The molecule has 0 radical (unpaired) electrons. The van der Waals surface area contributed by atoms with Gasteiger partial charge in [-0.3, -0.25) is 5.43 Å². The maximum atomic E-state index is 13.4. The van der Waals surface area contributed by atoms with Crippen molar-refractivity contribution in [3.05, 3.63) is 41.6 Å². The van der Waals surface area contributed by atoms with Crippen molar-refractivity contribution in [3.8, 4) is 11.6 Å². The number of nitrogens with zero attached hydrogens (tertiary/aromatic N) is 2. The van der Waals surface area contributed by atoms with Gasteiger partial charge in [-0.15, -0.1) is 0 Å². The number of halogens is 2. The van der Waals surface area contributed by atoms with E-state index < -0.39 is 11.6 Å². The second kappa shape index (κ2) is 4.92. The molecule has 0 fully saturated rings. The van der Waals surface area contributed by atoms with Crippen LogP contribution in [0.1, 0.15) is 5.56 Å². The lowest BCUT2D eigenvalue weighted by Crippen LogP contribution is -2.11. The average Bonchev–Trinajstić information content (AvgIpc) is 2.36. The van der Waals surface area contributed by atoms with Crippen LogP contribution >= 0.6 is 0 Å². The van der Waals surface area contributed by atoms with Crippen molar-refractivity contribution in [2.45, 2.75) is 6.92 Å². The molecule has 94 valence electrons. The SMILES string of the molecule is Cc1cnc(NN)nc1Oc1cc(F)ccc1F. The van der Waals surface area contributed by atoms with E-state index in [1.54, 1.807) is 6.92 Å². The quantitative estimate of drug-likeness (QED) is 0.646. The highest BCUT2D eigenvalue weighted by molar-refractivity contribution is 5.36. The van der Waals surface area contributed by atoms with Crippen molar-refractivity contribution < 1.29 is 13.5 Å². The van der Waals surface area contributed by atoms with Gasteiger partial charge in [0.05, 0.1) is 0 Å². The maximum Gasteiger partial charge on any atom is 0.240 e. The maximum absolute atomic E-state index is 13.4. The van der Waals surface area contributed by atoms with E-state index in [4.69, 9.17) is 10.6 Å². The Morgan fingerprint density at radius 2 is 2.11 bits per heavy atom. The Balaban J connectivity index is 2.36. The van der Waals surface area contributed by atoms with E-state index in [2.05, 4.69) is 15.4 Å². The predicted octanol–water partition coefficient (Wildman–Crippen LogP) is 2.14. The summed E-state index contributed by atoms with van der Waals surface area (Å²) in [5.74, 6) is 3.83. The fraction of sp³-hybridized carbons (Fsp3) is 0.0909. The Labute approximate surface area is 102 Å². The molecule has 0 saturated carbocycles. The Kier molecular flexibility index (Phi) is 3.33. The van der Waals surface area contributed by atoms with Crippen LogP contribution in [0.4, 0.5) is 14.7 Å². The van der Waals surface area contributed by atoms with Crippen molar-refractivity contribution in [2.75, 3.05) is 5.43 Å². The van der Waals surface area contributed by atoms with Gasteiger partial charge in [0, 0.05) is 17.8 Å². The summed E-state index contributed by atoms with van der Waals surface area (Å²) in [5.41, 5.74) is 2.80. The van der Waals surface area contributed by atoms with E-state index in [-0.39, 0.29) is 17.6 Å². The third kappa shape index (κ3) is 2.51. The molecule has 5 nitrogen and oxygen atoms in total. The number of nitrogen functional groups attached to an aromatic ring is 1. The lowest BCUT2D eigenvalue weighted by Gasteiger charge is -2.09. The highest BCUT2D eigenvalue weighted by Gasteiger charge is 2.10. The number of ether oxygens (including phenoxy) is 1. The van der Waals surface area contributed by atoms with Gasteiger partial charge in [-0.25, -0.2) is 19.6 Å². The van der Waals surface area contributed by atoms with E-state index in [1.807, 2.05) is 0 Å². The second-order valence-corrected chi connectivity index (χ2v) is 3.50. The first-order valence-electron chi connectivity index (χ1n) is 5.03. The zero-order valence-corrected chi connectivity index (χ0v) is 9.45. The number of rotatable bonds is 3. The number of anilines is 1. The molecule has 2 rings (SSSR count). The minimum absolute atomic E-state index is 0.0995. The van der Waals surface area contributed by atoms with Crippen LogP contribution in [-0.2, 0) is 0 Å². The van der Waals surface area contributed by atoms with Crippen LogP contribution in [-0.4, -0.2) is 9.97 Å². The number of hydrogen-bond acceptors (Lipinski definition) is 5. The van der Waals surface area contributed by atoms with Crippen molar-refractivity contribution in [2.24, 2.45) is 5.84 Å². The molecule has 0 saturated heterocycles. The largest absolute Gasteiger partial charge is 0.435 e. The number of nitrogens with one attached hydrogen (secondary N) is 1.